The lowest BCUT2D eigenvalue weighted by atomic mass is 9.77. The topological polar surface area (TPSA) is 32.3 Å². The number of hydrogen-bond acceptors (Lipinski definition) is 2. The molecule has 19 heavy (non-hydrogen) atoms. The third-order valence-corrected chi connectivity index (χ3v) is 4.52. The first-order valence-corrected chi connectivity index (χ1v) is 7.51. The van der Waals surface area contributed by atoms with Gasteiger partial charge in [0.25, 0.3) is 0 Å². The summed E-state index contributed by atoms with van der Waals surface area (Å²) >= 11 is 0. The summed E-state index contributed by atoms with van der Waals surface area (Å²) in [5, 5.41) is 12.9. The Balaban J connectivity index is 2.95. The van der Waals surface area contributed by atoms with Gasteiger partial charge in [-0.05, 0) is 61.0 Å². The van der Waals surface area contributed by atoms with Gasteiger partial charge in [0.1, 0.15) is 5.75 Å². The Labute approximate surface area is 118 Å². The van der Waals surface area contributed by atoms with Gasteiger partial charge in [0.2, 0.25) is 0 Å². The molecule has 0 aromatic heterocycles. The Morgan fingerprint density at radius 1 is 1.21 bits per heavy atom. The molecule has 0 radical (unpaired) electrons. The summed E-state index contributed by atoms with van der Waals surface area (Å²) in [5.74, 6) is 2.22. The highest BCUT2D eigenvalue weighted by Gasteiger charge is 2.23. The van der Waals surface area contributed by atoms with Crippen LogP contribution in [-0.4, -0.2) is 18.7 Å². The minimum Gasteiger partial charge on any atom is -0.508 e. The smallest absolute Gasteiger partial charge is 0.115 e. The van der Waals surface area contributed by atoms with Crippen molar-refractivity contribution in [3.63, 3.8) is 0 Å². The van der Waals surface area contributed by atoms with Crippen LogP contribution in [0.4, 0.5) is 0 Å². The van der Waals surface area contributed by atoms with Gasteiger partial charge in [-0.15, -0.1) is 0 Å². The monoisotopic (exact) mass is 263 g/mol. The van der Waals surface area contributed by atoms with E-state index < -0.39 is 0 Å². The summed E-state index contributed by atoms with van der Waals surface area (Å²) in [7, 11) is 2.03. The number of benzene rings is 1. The minimum absolute atomic E-state index is 0.378. The second-order valence-corrected chi connectivity index (χ2v) is 5.61. The third kappa shape index (κ3) is 3.97. The molecule has 1 rings (SSSR count). The van der Waals surface area contributed by atoms with E-state index in [1.54, 1.807) is 0 Å². The fourth-order valence-electron chi connectivity index (χ4n) is 3.00. The van der Waals surface area contributed by atoms with Gasteiger partial charge in [-0.25, -0.2) is 0 Å². The number of nitrogens with one attached hydrogen (secondary N) is 1. The van der Waals surface area contributed by atoms with Crippen molar-refractivity contribution in [2.24, 2.45) is 11.8 Å². The Morgan fingerprint density at radius 2 is 1.89 bits per heavy atom. The van der Waals surface area contributed by atoms with Gasteiger partial charge in [-0.2, -0.15) is 0 Å². The highest BCUT2D eigenvalue weighted by Crippen LogP contribution is 2.34. The molecule has 0 aliphatic carbocycles. The molecule has 108 valence electrons. The van der Waals surface area contributed by atoms with Crippen LogP contribution in [0, 0.1) is 11.8 Å². The molecule has 3 unspecified atom stereocenters. The third-order valence-electron chi connectivity index (χ3n) is 4.52. The van der Waals surface area contributed by atoms with Gasteiger partial charge in [0.15, 0.2) is 0 Å². The van der Waals surface area contributed by atoms with E-state index in [1.165, 1.54) is 17.5 Å². The van der Waals surface area contributed by atoms with E-state index in [4.69, 9.17) is 0 Å². The summed E-state index contributed by atoms with van der Waals surface area (Å²) < 4.78 is 0. The molecule has 2 nitrogen and oxygen atoms in total. The minimum atomic E-state index is 0.378. The zero-order valence-electron chi connectivity index (χ0n) is 13.0. The molecule has 0 aliphatic heterocycles. The molecule has 2 heteroatoms. The molecule has 2 N–H and O–H groups in total. The summed E-state index contributed by atoms with van der Waals surface area (Å²) in [6, 6.07) is 5.83. The molecule has 1 aromatic rings. The Kier molecular flexibility index (Phi) is 6.36. The maximum Gasteiger partial charge on any atom is 0.115 e. The van der Waals surface area contributed by atoms with Crippen LogP contribution in [-0.2, 0) is 6.42 Å². The normalized spacial score (nSPS) is 16.1. The summed E-state index contributed by atoms with van der Waals surface area (Å²) in [6.45, 7) is 10.2. The molecule has 0 bridgehead atoms. The fraction of sp³-hybridized carbons (Fsp3) is 0.647. The number of phenolic OH excluding ortho intramolecular Hbond substituents is 1. The van der Waals surface area contributed by atoms with Crippen LogP contribution in [0.2, 0.25) is 0 Å². The molecule has 0 fully saturated rings. The van der Waals surface area contributed by atoms with Gasteiger partial charge in [0, 0.05) is 0 Å². The molecule has 1 aromatic carbocycles. The van der Waals surface area contributed by atoms with Crippen LogP contribution in [0.1, 0.15) is 51.2 Å². The Bertz CT molecular complexity index is 389. The first-order chi connectivity index (χ1) is 9.04. The van der Waals surface area contributed by atoms with E-state index in [1.807, 2.05) is 19.2 Å². The van der Waals surface area contributed by atoms with E-state index >= 15 is 0 Å². The summed E-state index contributed by atoms with van der Waals surface area (Å²) in [6.07, 6.45) is 2.18. The highest BCUT2D eigenvalue weighted by molar-refractivity contribution is 5.37. The largest absolute Gasteiger partial charge is 0.508 e. The summed E-state index contributed by atoms with van der Waals surface area (Å²) in [5.41, 5.74) is 2.67. The van der Waals surface area contributed by atoms with Crippen molar-refractivity contribution < 1.29 is 5.11 Å². The maximum atomic E-state index is 9.62. The lowest BCUT2D eigenvalue weighted by molar-refractivity contribution is 0.298. The molecular formula is C17H29NO. The molecule has 0 aliphatic rings. The first kappa shape index (κ1) is 16.0. The van der Waals surface area contributed by atoms with E-state index in [9.17, 15) is 5.11 Å². The lowest BCUT2D eigenvalue weighted by Gasteiger charge is -2.29. The molecule has 0 heterocycles. The molecular weight excluding hydrogens is 234 g/mol. The van der Waals surface area contributed by atoms with E-state index in [2.05, 4.69) is 39.1 Å². The second kappa shape index (κ2) is 7.54. The predicted molar refractivity (Wildman–Crippen MR) is 82.8 cm³/mol. The Hall–Kier alpha value is -1.02. The highest BCUT2D eigenvalue weighted by atomic mass is 16.3. The van der Waals surface area contributed by atoms with Crippen LogP contribution >= 0.6 is 0 Å². The average Bonchev–Trinajstić information content (AvgIpc) is 2.43. The number of hydrogen-bond donors (Lipinski definition) is 2. The Morgan fingerprint density at radius 3 is 2.42 bits per heavy atom. The van der Waals surface area contributed by atoms with Crippen molar-refractivity contribution in [3.8, 4) is 5.75 Å². The average molecular weight is 263 g/mol. The first-order valence-electron chi connectivity index (χ1n) is 7.51. The number of rotatable bonds is 7. The number of phenols is 1. The van der Waals surface area contributed by atoms with Gasteiger partial charge in [-0.3, -0.25) is 0 Å². The zero-order chi connectivity index (χ0) is 14.4. The van der Waals surface area contributed by atoms with Crippen molar-refractivity contribution in [1.82, 2.24) is 5.32 Å². The lowest BCUT2D eigenvalue weighted by Crippen LogP contribution is -2.27. The van der Waals surface area contributed by atoms with E-state index in [0.29, 0.717) is 23.5 Å². The molecule has 0 saturated carbocycles. The predicted octanol–water partition coefficient (Wildman–Crippen LogP) is 3.94. The van der Waals surface area contributed by atoms with E-state index in [0.717, 1.165) is 13.0 Å². The fourth-order valence-corrected chi connectivity index (χ4v) is 3.00. The van der Waals surface area contributed by atoms with Crippen LogP contribution in [0.15, 0.2) is 18.2 Å². The molecule has 0 saturated heterocycles. The maximum absolute atomic E-state index is 9.62. The van der Waals surface area contributed by atoms with Gasteiger partial charge in [-0.1, -0.05) is 40.2 Å². The SMILES string of the molecule is CCc1cc(O)ccc1C(C)C(C)C(CC)CNC. The van der Waals surface area contributed by atoms with Crippen molar-refractivity contribution in [3.05, 3.63) is 29.3 Å². The second-order valence-electron chi connectivity index (χ2n) is 5.61. The zero-order valence-corrected chi connectivity index (χ0v) is 13.0. The summed E-state index contributed by atoms with van der Waals surface area (Å²) in [4.78, 5) is 0. The standard InChI is InChI=1S/C17H29NO/c1-6-14-10-16(19)8-9-17(14)13(4)12(3)15(7-2)11-18-5/h8-10,12-13,15,18-19H,6-7,11H2,1-5H3. The molecule has 0 spiro atoms. The van der Waals surface area contributed by atoms with Crippen molar-refractivity contribution in [2.75, 3.05) is 13.6 Å². The van der Waals surface area contributed by atoms with Gasteiger partial charge < -0.3 is 10.4 Å². The van der Waals surface area contributed by atoms with Crippen LogP contribution < -0.4 is 5.32 Å². The van der Waals surface area contributed by atoms with Crippen LogP contribution in [0.25, 0.3) is 0 Å². The van der Waals surface area contributed by atoms with Gasteiger partial charge in [0.05, 0.1) is 0 Å². The van der Waals surface area contributed by atoms with Crippen molar-refractivity contribution in [1.29, 1.82) is 0 Å². The molecule has 3 atom stereocenters. The number of aryl methyl sites for hydroxylation is 1. The quantitative estimate of drug-likeness (QED) is 0.781. The van der Waals surface area contributed by atoms with E-state index in [-0.39, 0.29) is 0 Å². The van der Waals surface area contributed by atoms with Crippen molar-refractivity contribution in [2.45, 2.75) is 46.5 Å². The van der Waals surface area contributed by atoms with Crippen LogP contribution in [0.5, 0.6) is 5.75 Å². The molecule has 0 amide bonds. The van der Waals surface area contributed by atoms with Gasteiger partial charge >= 0.3 is 0 Å². The number of aromatic hydroxyl groups is 1. The van der Waals surface area contributed by atoms with Crippen molar-refractivity contribution >= 4 is 0 Å². The van der Waals surface area contributed by atoms with Crippen LogP contribution in [0.3, 0.4) is 0 Å².